The van der Waals surface area contributed by atoms with Crippen LogP contribution >= 0.6 is 11.6 Å². The van der Waals surface area contributed by atoms with Gasteiger partial charge in [0.1, 0.15) is 16.8 Å². The number of hydrogen-bond acceptors (Lipinski definition) is 4. The van der Waals surface area contributed by atoms with E-state index in [2.05, 4.69) is 16.8 Å². The number of anilines is 1. The molecule has 2 fully saturated rings. The van der Waals surface area contributed by atoms with E-state index in [0.29, 0.717) is 23.2 Å². The highest BCUT2D eigenvalue weighted by Gasteiger charge is 2.30. The Hall–Kier alpha value is -0.870. The maximum Gasteiger partial charge on any atom is 0.135 e. The average molecular weight is 282 g/mol. The maximum absolute atomic E-state index is 6.14. The predicted octanol–water partition coefficient (Wildman–Crippen LogP) is 3.01. The number of piperidine rings is 1. The van der Waals surface area contributed by atoms with E-state index in [9.17, 15) is 0 Å². The molecule has 2 aliphatic rings. The zero-order chi connectivity index (χ0) is 13.4. The third-order valence-corrected chi connectivity index (χ3v) is 4.29. The maximum atomic E-state index is 6.14. The molecule has 0 N–H and O–H groups in total. The number of halogens is 1. The minimum atomic E-state index is 0.367. The smallest absolute Gasteiger partial charge is 0.135 e. The van der Waals surface area contributed by atoms with Crippen LogP contribution in [0.1, 0.15) is 44.3 Å². The summed E-state index contributed by atoms with van der Waals surface area (Å²) in [5.74, 6) is 2.43. The first-order valence-corrected chi connectivity index (χ1v) is 7.39. The van der Waals surface area contributed by atoms with Crippen LogP contribution in [0.15, 0.2) is 6.07 Å². The Morgan fingerprint density at radius 3 is 2.74 bits per heavy atom. The van der Waals surface area contributed by atoms with Gasteiger partial charge in [-0.15, -0.1) is 0 Å². The minimum absolute atomic E-state index is 0.367. The van der Waals surface area contributed by atoms with E-state index in [4.69, 9.17) is 21.3 Å². The minimum Gasteiger partial charge on any atom is -0.381 e. The van der Waals surface area contributed by atoms with E-state index in [0.717, 1.165) is 31.0 Å². The molecule has 1 aromatic heterocycles. The molecule has 2 unspecified atom stereocenters. The van der Waals surface area contributed by atoms with Crippen LogP contribution < -0.4 is 4.90 Å². The number of rotatable bonds is 3. The molecule has 0 bridgehead atoms. The van der Waals surface area contributed by atoms with Crippen molar-refractivity contribution in [1.29, 1.82) is 0 Å². The lowest BCUT2D eigenvalue weighted by atomic mass is 10.0. The van der Waals surface area contributed by atoms with Gasteiger partial charge >= 0.3 is 0 Å². The van der Waals surface area contributed by atoms with E-state index in [1.165, 1.54) is 12.8 Å². The van der Waals surface area contributed by atoms with Crippen LogP contribution in [0, 0.1) is 0 Å². The van der Waals surface area contributed by atoms with Gasteiger partial charge in [0.15, 0.2) is 0 Å². The molecule has 0 amide bonds. The highest BCUT2D eigenvalue weighted by Crippen LogP contribution is 2.39. The van der Waals surface area contributed by atoms with E-state index in [-0.39, 0.29) is 0 Å². The normalized spacial score (nSPS) is 27.6. The Labute approximate surface area is 119 Å². The zero-order valence-electron chi connectivity index (χ0n) is 11.5. The van der Waals surface area contributed by atoms with Crippen molar-refractivity contribution >= 4 is 17.4 Å². The van der Waals surface area contributed by atoms with Gasteiger partial charge in [0.25, 0.3) is 0 Å². The van der Waals surface area contributed by atoms with Gasteiger partial charge < -0.3 is 9.64 Å². The van der Waals surface area contributed by atoms with Crippen molar-refractivity contribution in [3.05, 3.63) is 17.0 Å². The average Bonchev–Trinajstić information content (AvgIpc) is 3.22. The fraction of sp³-hybridized carbons (Fsp3) is 0.714. The number of hydrogen-bond donors (Lipinski definition) is 0. The largest absolute Gasteiger partial charge is 0.381 e. The van der Waals surface area contributed by atoms with Crippen molar-refractivity contribution in [2.75, 3.05) is 18.6 Å². The van der Waals surface area contributed by atoms with Crippen LogP contribution in [-0.2, 0) is 4.74 Å². The van der Waals surface area contributed by atoms with Gasteiger partial charge in [0.05, 0.1) is 6.10 Å². The second-order valence-electron chi connectivity index (χ2n) is 5.61. The highest BCUT2D eigenvalue weighted by molar-refractivity contribution is 6.29. The predicted molar refractivity (Wildman–Crippen MR) is 75.9 cm³/mol. The van der Waals surface area contributed by atoms with Crippen LogP contribution in [0.5, 0.6) is 0 Å². The summed E-state index contributed by atoms with van der Waals surface area (Å²) >= 11 is 6.14. The summed E-state index contributed by atoms with van der Waals surface area (Å²) in [5, 5.41) is 0.563. The van der Waals surface area contributed by atoms with Gasteiger partial charge in [0, 0.05) is 31.7 Å². The topological polar surface area (TPSA) is 38.2 Å². The SMILES string of the molecule is COC1CCN(c2cc(Cl)nc(C3CC3)n2)C(C)C1. The number of aromatic nitrogens is 2. The number of nitrogens with zero attached hydrogens (tertiary/aromatic N) is 3. The second-order valence-corrected chi connectivity index (χ2v) is 5.99. The van der Waals surface area contributed by atoms with Crippen molar-refractivity contribution < 1.29 is 4.74 Å². The van der Waals surface area contributed by atoms with Gasteiger partial charge in [-0.1, -0.05) is 11.6 Å². The molecule has 1 saturated heterocycles. The second kappa shape index (κ2) is 5.25. The van der Waals surface area contributed by atoms with E-state index in [1.807, 2.05) is 6.07 Å². The molecule has 4 nitrogen and oxygen atoms in total. The van der Waals surface area contributed by atoms with Gasteiger partial charge in [-0.3, -0.25) is 0 Å². The molecule has 104 valence electrons. The monoisotopic (exact) mass is 281 g/mol. The Morgan fingerprint density at radius 1 is 1.32 bits per heavy atom. The number of ether oxygens (including phenoxy) is 1. The molecule has 1 aliphatic heterocycles. The van der Waals surface area contributed by atoms with Crippen LogP contribution in [0.4, 0.5) is 5.82 Å². The Bertz CT molecular complexity index is 464. The van der Waals surface area contributed by atoms with Crippen molar-refractivity contribution in [3.63, 3.8) is 0 Å². The highest BCUT2D eigenvalue weighted by atomic mass is 35.5. The van der Waals surface area contributed by atoms with E-state index in [1.54, 1.807) is 7.11 Å². The lowest BCUT2D eigenvalue weighted by molar-refractivity contribution is 0.0719. The molecule has 19 heavy (non-hydrogen) atoms. The first-order valence-electron chi connectivity index (χ1n) is 7.01. The number of methoxy groups -OCH3 is 1. The van der Waals surface area contributed by atoms with Crippen molar-refractivity contribution in [2.24, 2.45) is 0 Å². The van der Waals surface area contributed by atoms with Gasteiger partial charge in [-0.05, 0) is 32.6 Å². The molecule has 1 aliphatic carbocycles. The molecule has 0 spiro atoms. The third-order valence-electron chi connectivity index (χ3n) is 4.10. The molecule has 3 rings (SSSR count). The Kier molecular flexibility index (Phi) is 3.63. The lowest BCUT2D eigenvalue weighted by Gasteiger charge is -2.38. The first-order chi connectivity index (χ1) is 9.17. The summed E-state index contributed by atoms with van der Waals surface area (Å²) in [6.45, 7) is 3.19. The summed E-state index contributed by atoms with van der Waals surface area (Å²) in [5.41, 5.74) is 0. The van der Waals surface area contributed by atoms with Crippen LogP contribution in [0.2, 0.25) is 5.15 Å². The summed E-state index contributed by atoms with van der Waals surface area (Å²) in [6, 6.07) is 2.31. The summed E-state index contributed by atoms with van der Waals surface area (Å²) < 4.78 is 5.46. The molecule has 5 heteroatoms. The third kappa shape index (κ3) is 2.84. The Balaban J connectivity index is 1.81. The molecular formula is C14H20ClN3O. The summed E-state index contributed by atoms with van der Waals surface area (Å²) in [6.07, 6.45) is 4.84. The van der Waals surface area contributed by atoms with Gasteiger partial charge in [-0.25, -0.2) is 9.97 Å². The fourth-order valence-corrected chi connectivity index (χ4v) is 2.96. The molecule has 0 aromatic carbocycles. The van der Waals surface area contributed by atoms with Crippen molar-refractivity contribution in [1.82, 2.24) is 9.97 Å². The van der Waals surface area contributed by atoms with Crippen LogP contribution in [0.3, 0.4) is 0 Å². The molecule has 1 saturated carbocycles. The summed E-state index contributed by atoms with van der Waals surface area (Å²) in [7, 11) is 1.79. The molecule has 1 aromatic rings. The lowest BCUT2D eigenvalue weighted by Crippen LogP contribution is -2.43. The fourth-order valence-electron chi connectivity index (χ4n) is 2.78. The zero-order valence-corrected chi connectivity index (χ0v) is 12.2. The molecule has 2 heterocycles. The quantitative estimate of drug-likeness (QED) is 0.799. The van der Waals surface area contributed by atoms with Gasteiger partial charge in [-0.2, -0.15) is 0 Å². The van der Waals surface area contributed by atoms with Crippen molar-refractivity contribution in [3.8, 4) is 0 Å². The van der Waals surface area contributed by atoms with Crippen molar-refractivity contribution in [2.45, 2.75) is 50.7 Å². The van der Waals surface area contributed by atoms with E-state index >= 15 is 0 Å². The summed E-state index contributed by atoms with van der Waals surface area (Å²) in [4.78, 5) is 11.4. The molecule has 0 radical (unpaired) electrons. The van der Waals surface area contributed by atoms with E-state index < -0.39 is 0 Å². The molecular weight excluding hydrogens is 262 g/mol. The first kappa shape index (κ1) is 13.1. The van der Waals surface area contributed by atoms with Crippen LogP contribution in [0.25, 0.3) is 0 Å². The van der Waals surface area contributed by atoms with Crippen LogP contribution in [-0.4, -0.2) is 35.8 Å². The van der Waals surface area contributed by atoms with Gasteiger partial charge in [0.2, 0.25) is 0 Å². The Morgan fingerprint density at radius 2 is 2.11 bits per heavy atom. The molecule has 2 atom stereocenters. The standard InChI is InChI=1S/C14H20ClN3O/c1-9-7-11(19-2)5-6-18(9)13-8-12(15)16-14(17-13)10-3-4-10/h8-11H,3-7H2,1-2H3.